The number of alkyl halides is 2. The highest BCUT2D eigenvalue weighted by Gasteiger charge is 2.19. The highest BCUT2D eigenvalue weighted by Crippen LogP contribution is 2.22. The Bertz CT molecular complexity index is 626. The number of piperidine rings is 1. The zero-order valence-corrected chi connectivity index (χ0v) is 19.7. The van der Waals surface area contributed by atoms with E-state index in [0.29, 0.717) is 24.0 Å². The van der Waals surface area contributed by atoms with Crippen LogP contribution in [0.1, 0.15) is 24.0 Å². The molecule has 1 aliphatic rings. The van der Waals surface area contributed by atoms with Gasteiger partial charge in [-0.2, -0.15) is 8.78 Å². The maximum atomic E-state index is 12.6. The van der Waals surface area contributed by atoms with Gasteiger partial charge in [0, 0.05) is 39.4 Å². The number of benzene rings is 1. The number of likely N-dealkylation sites (tertiary alicyclic amines) is 1. The predicted molar refractivity (Wildman–Crippen MR) is 122 cm³/mol. The van der Waals surface area contributed by atoms with E-state index in [-0.39, 0.29) is 29.7 Å². The van der Waals surface area contributed by atoms with E-state index in [1.807, 2.05) is 13.0 Å². The SMILES string of the molecule is CN=C(NCc1cc(C)ccc1OC(F)F)NCC1CCN(CCOC)CC1.I. The zero-order valence-electron chi connectivity index (χ0n) is 17.4. The Morgan fingerprint density at radius 2 is 2.00 bits per heavy atom. The molecule has 2 rings (SSSR count). The summed E-state index contributed by atoms with van der Waals surface area (Å²) in [6, 6.07) is 5.17. The maximum absolute atomic E-state index is 12.6. The number of methoxy groups -OCH3 is 1. The van der Waals surface area contributed by atoms with Crippen molar-refractivity contribution in [1.29, 1.82) is 0 Å². The fraction of sp³-hybridized carbons (Fsp3) is 0.650. The van der Waals surface area contributed by atoms with Gasteiger partial charge in [-0.05, 0) is 44.8 Å². The topological polar surface area (TPSA) is 58.1 Å². The van der Waals surface area contributed by atoms with Crippen molar-refractivity contribution in [3.05, 3.63) is 29.3 Å². The molecule has 1 aromatic carbocycles. The fourth-order valence-corrected chi connectivity index (χ4v) is 3.33. The van der Waals surface area contributed by atoms with E-state index in [4.69, 9.17) is 4.74 Å². The number of hydrogen-bond acceptors (Lipinski definition) is 4. The van der Waals surface area contributed by atoms with Crippen LogP contribution in [0.25, 0.3) is 0 Å². The molecule has 0 radical (unpaired) electrons. The highest BCUT2D eigenvalue weighted by molar-refractivity contribution is 14.0. The number of hydrogen-bond donors (Lipinski definition) is 2. The molecule has 1 aromatic rings. The van der Waals surface area contributed by atoms with Crippen molar-refractivity contribution < 1.29 is 18.3 Å². The van der Waals surface area contributed by atoms with E-state index in [9.17, 15) is 8.78 Å². The molecule has 0 bridgehead atoms. The lowest BCUT2D eigenvalue weighted by Crippen LogP contribution is -2.43. The summed E-state index contributed by atoms with van der Waals surface area (Å²) in [5.41, 5.74) is 1.66. The van der Waals surface area contributed by atoms with Crippen LogP contribution in [-0.2, 0) is 11.3 Å². The molecular weight excluding hydrogens is 493 g/mol. The van der Waals surface area contributed by atoms with Crippen LogP contribution in [-0.4, -0.2) is 64.4 Å². The van der Waals surface area contributed by atoms with E-state index in [2.05, 4.69) is 25.3 Å². The lowest BCUT2D eigenvalue weighted by Gasteiger charge is -2.32. The van der Waals surface area contributed by atoms with Crippen molar-refractivity contribution in [2.24, 2.45) is 10.9 Å². The van der Waals surface area contributed by atoms with E-state index in [1.165, 1.54) is 0 Å². The van der Waals surface area contributed by atoms with Gasteiger partial charge in [0.25, 0.3) is 0 Å². The third kappa shape index (κ3) is 9.43. The van der Waals surface area contributed by atoms with Gasteiger partial charge in [-0.1, -0.05) is 17.7 Å². The minimum absolute atomic E-state index is 0. The molecule has 1 fully saturated rings. The molecule has 0 amide bonds. The van der Waals surface area contributed by atoms with Gasteiger partial charge in [-0.15, -0.1) is 24.0 Å². The quantitative estimate of drug-likeness (QED) is 0.294. The molecule has 166 valence electrons. The van der Waals surface area contributed by atoms with Crippen LogP contribution in [0.15, 0.2) is 23.2 Å². The van der Waals surface area contributed by atoms with Crippen LogP contribution in [0.5, 0.6) is 5.75 Å². The van der Waals surface area contributed by atoms with Gasteiger partial charge in [0.1, 0.15) is 5.75 Å². The molecule has 2 N–H and O–H groups in total. The minimum atomic E-state index is -2.84. The lowest BCUT2D eigenvalue weighted by molar-refractivity contribution is -0.0504. The average Bonchev–Trinajstić information content (AvgIpc) is 2.69. The summed E-state index contributed by atoms with van der Waals surface area (Å²) in [4.78, 5) is 6.66. The average molecular weight is 526 g/mol. The third-order valence-electron chi connectivity index (χ3n) is 4.98. The van der Waals surface area contributed by atoms with E-state index in [1.54, 1.807) is 26.3 Å². The van der Waals surface area contributed by atoms with Crippen LogP contribution < -0.4 is 15.4 Å². The molecule has 0 spiro atoms. The largest absolute Gasteiger partial charge is 0.434 e. The Hall–Kier alpha value is -1.20. The summed E-state index contributed by atoms with van der Waals surface area (Å²) in [5, 5.41) is 6.54. The molecule has 0 aliphatic carbocycles. The number of halogens is 3. The summed E-state index contributed by atoms with van der Waals surface area (Å²) in [7, 11) is 3.43. The second-order valence-electron chi connectivity index (χ2n) is 7.07. The number of aliphatic imine (C=N–C) groups is 1. The summed E-state index contributed by atoms with van der Waals surface area (Å²) < 4.78 is 34.9. The van der Waals surface area contributed by atoms with Crippen LogP contribution >= 0.6 is 24.0 Å². The number of nitrogens with zero attached hydrogens (tertiary/aromatic N) is 2. The number of nitrogens with one attached hydrogen (secondary N) is 2. The van der Waals surface area contributed by atoms with Crippen molar-refractivity contribution in [2.45, 2.75) is 32.9 Å². The first kappa shape index (κ1) is 25.8. The van der Waals surface area contributed by atoms with Crippen LogP contribution in [0.3, 0.4) is 0 Å². The first-order chi connectivity index (χ1) is 13.5. The molecule has 0 atom stereocenters. The van der Waals surface area contributed by atoms with Gasteiger partial charge in [-0.3, -0.25) is 4.99 Å². The van der Waals surface area contributed by atoms with Crippen LogP contribution in [0, 0.1) is 12.8 Å². The summed E-state index contributed by atoms with van der Waals surface area (Å²) in [6.45, 7) is 4.20. The van der Waals surface area contributed by atoms with E-state index in [0.717, 1.165) is 51.2 Å². The Labute approximate surface area is 189 Å². The third-order valence-corrected chi connectivity index (χ3v) is 4.98. The zero-order chi connectivity index (χ0) is 20.4. The van der Waals surface area contributed by atoms with Gasteiger partial charge in [0.05, 0.1) is 6.61 Å². The normalized spacial score (nSPS) is 15.9. The van der Waals surface area contributed by atoms with Crippen LogP contribution in [0.4, 0.5) is 8.78 Å². The summed E-state index contributed by atoms with van der Waals surface area (Å²) in [5.74, 6) is 1.44. The second-order valence-corrected chi connectivity index (χ2v) is 7.07. The minimum Gasteiger partial charge on any atom is -0.434 e. The van der Waals surface area contributed by atoms with Crippen LogP contribution in [0.2, 0.25) is 0 Å². The van der Waals surface area contributed by atoms with Gasteiger partial charge in [0.2, 0.25) is 0 Å². The molecule has 9 heteroatoms. The maximum Gasteiger partial charge on any atom is 0.387 e. The smallest absolute Gasteiger partial charge is 0.387 e. The summed E-state index contributed by atoms with van der Waals surface area (Å²) >= 11 is 0. The van der Waals surface area contributed by atoms with Gasteiger partial charge < -0.3 is 25.0 Å². The number of rotatable bonds is 9. The Morgan fingerprint density at radius 3 is 2.62 bits per heavy atom. The van der Waals surface area contributed by atoms with Crippen molar-refractivity contribution in [1.82, 2.24) is 15.5 Å². The van der Waals surface area contributed by atoms with Gasteiger partial charge >= 0.3 is 6.61 Å². The van der Waals surface area contributed by atoms with Crippen molar-refractivity contribution in [3.63, 3.8) is 0 Å². The Kier molecular flexibility index (Phi) is 12.4. The molecule has 6 nitrogen and oxygen atoms in total. The van der Waals surface area contributed by atoms with Crippen molar-refractivity contribution >= 4 is 29.9 Å². The fourth-order valence-electron chi connectivity index (χ4n) is 3.33. The molecule has 1 aliphatic heterocycles. The molecule has 29 heavy (non-hydrogen) atoms. The number of aryl methyl sites for hydroxylation is 1. The molecule has 1 heterocycles. The predicted octanol–water partition coefficient (Wildman–Crippen LogP) is 3.24. The first-order valence-corrected chi connectivity index (χ1v) is 9.72. The molecular formula is C20H33F2IN4O2. The van der Waals surface area contributed by atoms with Crippen molar-refractivity contribution in [3.8, 4) is 5.75 Å². The van der Waals surface area contributed by atoms with Gasteiger partial charge in [-0.25, -0.2) is 0 Å². The Balaban J connectivity index is 0.00000420. The Morgan fingerprint density at radius 1 is 1.28 bits per heavy atom. The molecule has 1 saturated heterocycles. The molecule has 0 unspecified atom stereocenters. The summed E-state index contributed by atoms with van der Waals surface area (Å²) in [6.07, 6.45) is 2.27. The highest BCUT2D eigenvalue weighted by atomic mass is 127. The monoisotopic (exact) mass is 526 g/mol. The van der Waals surface area contributed by atoms with E-state index < -0.39 is 6.61 Å². The number of ether oxygens (including phenoxy) is 2. The second kappa shape index (κ2) is 13.9. The van der Waals surface area contributed by atoms with Crippen molar-refractivity contribution in [2.75, 3.05) is 46.9 Å². The lowest BCUT2D eigenvalue weighted by atomic mass is 9.97. The first-order valence-electron chi connectivity index (χ1n) is 9.72. The number of guanidine groups is 1. The molecule has 0 saturated carbocycles. The molecule has 0 aromatic heterocycles. The van der Waals surface area contributed by atoms with E-state index >= 15 is 0 Å². The van der Waals surface area contributed by atoms with Gasteiger partial charge in [0.15, 0.2) is 5.96 Å². The standard InChI is InChI=1S/C20H32F2N4O2.HI/c1-15-4-5-18(28-19(21)22)17(12-15)14-25-20(23-2)24-13-16-6-8-26(9-7-16)10-11-27-3;/h4-5,12,16,19H,6-11,13-14H2,1-3H3,(H2,23,24,25);1H.